The maximum absolute atomic E-state index is 12.4. The molecule has 0 aromatic carbocycles. The molecule has 2 atom stereocenters. The molecule has 27 heavy (non-hydrogen) atoms. The summed E-state index contributed by atoms with van der Waals surface area (Å²) in [5.74, 6) is -1.47. The van der Waals surface area contributed by atoms with Crippen LogP contribution >= 0.6 is 0 Å². The van der Waals surface area contributed by atoms with Crippen molar-refractivity contribution in [3.05, 3.63) is 0 Å². The van der Waals surface area contributed by atoms with Gasteiger partial charge in [-0.3, -0.25) is 4.99 Å². The Kier molecular flexibility index (Phi) is 19.4. The molecule has 0 aliphatic heterocycles. The Morgan fingerprint density at radius 3 is 1.81 bits per heavy atom. The second-order valence-electron chi connectivity index (χ2n) is 8.00. The number of carbonyl (C=O) groups is 1. The van der Waals surface area contributed by atoms with Crippen molar-refractivity contribution in [2.45, 2.75) is 104 Å². The molecule has 0 aliphatic rings. The van der Waals surface area contributed by atoms with E-state index >= 15 is 0 Å². The summed E-state index contributed by atoms with van der Waals surface area (Å²) in [5, 5.41) is 24.9. The second kappa shape index (κ2) is 18.0. The minimum Gasteiger partial charge on any atom is -0.861 e. The van der Waals surface area contributed by atoms with Gasteiger partial charge in [0.2, 0.25) is 0 Å². The Morgan fingerprint density at radius 1 is 0.926 bits per heavy atom. The zero-order valence-corrected chi connectivity index (χ0v) is 20.6. The quantitative estimate of drug-likeness (QED) is 0.178. The maximum atomic E-state index is 12.4. The number of carboxylic acid groups (broad SMARTS) is 1. The van der Waals surface area contributed by atoms with Crippen LogP contribution in [0.15, 0.2) is 4.99 Å². The van der Waals surface area contributed by atoms with Gasteiger partial charge in [-0.2, -0.15) is 0 Å². The molecule has 5 nitrogen and oxygen atoms in total. The Bertz CT molecular complexity index is 401. The average Bonchev–Trinajstić information content (AvgIpc) is 2.56. The van der Waals surface area contributed by atoms with Gasteiger partial charge in [0.15, 0.2) is 0 Å². The van der Waals surface area contributed by atoms with Crippen LogP contribution in [0.1, 0.15) is 92.4 Å². The number of nitrogens with one attached hydrogen (secondary N) is 1. The van der Waals surface area contributed by atoms with E-state index in [9.17, 15) is 15.0 Å². The summed E-state index contributed by atoms with van der Waals surface area (Å²) >= 11 is 0. The first-order chi connectivity index (χ1) is 12.3. The van der Waals surface area contributed by atoms with E-state index in [0.29, 0.717) is 0 Å². The summed E-state index contributed by atoms with van der Waals surface area (Å²) in [6, 6.07) is -1.36. The molecule has 0 heterocycles. The van der Waals surface area contributed by atoms with E-state index in [1.165, 1.54) is 51.4 Å². The van der Waals surface area contributed by atoms with Crippen LogP contribution in [0.25, 0.3) is 0 Å². The molecular formula is C21H41N2NaO3. The third-order valence-corrected chi connectivity index (χ3v) is 4.73. The van der Waals surface area contributed by atoms with Crippen LogP contribution in [0, 0.1) is 11.8 Å². The van der Waals surface area contributed by atoms with Crippen LogP contribution in [0.5, 0.6) is 0 Å². The minimum atomic E-state index is -1.03. The number of hydrogen-bond donors (Lipinski definition) is 2. The third kappa shape index (κ3) is 14.5. The van der Waals surface area contributed by atoms with Gasteiger partial charge in [-0.25, -0.2) is 4.79 Å². The van der Waals surface area contributed by atoms with E-state index in [1.807, 2.05) is 13.8 Å². The Hall–Kier alpha value is -0.100. The number of carboxylic acids is 1. The van der Waals surface area contributed by atoms with Gasteiger partial charge in [0.05, 0.1) is 0 Å². The van der Waals surface area contributed by atoms with Gasteiger partial charge in [-0.15, -0.1) is 0 Å². The van der Waals surface area contributed by atoms with Crippen molar-refractivity contribution in [1.82, 2.24) is 5.32 Å². The molecule has 2 N–H and O–H groups in total. The van der Waals surface area contributed by atoms with Crippen LogP contribution < -0.4 is 40.0 Å². The fraction of sp³-hybridized carbons (Fsp3) is 0.905. The van der Waals surface area contributed by atoms with Gasteiger partial charge >= 0.3 is 35.5 Å². The molecule has 154 valence electrons. The van der Waals surface area contributed by atoms with Gasteiger partial charge < -0.3 is 15.5 Å². The summed E-state index contributed by atoms with van der Waals surface area (Å²) in [7, 11) is 0. The van der Waals surface area contributed by atoms with Crippen molar-refractivity contribution < 1.29 is 44.6 Å². The molecular weight excluding hydrogens is 351 g/mol. The topological polar surface area (TPSA) is 84.8 Å². The van der Waals surface area contributed by atoms with E-state index in [-0.39, 0.29) is 47.3 Å². The zero-order chi connectivity index (χ0) is 19.9. The van der Waals surface area contributed by atoms with Crippen molar-refractivity contribution in [3.63, 3.8) is 0 Å². The zero-order valence-electron chi connectivity index (χ0n) is 18.6. The van der Waals surface area contributed by atoms with Crippen molar-refractivity contribution in [1.29, 1.82) is 0 Å². The molecule has 0 saturated heterocycles. The van der Waals surface area contributed by atoms with E-state index in [0.717, 1.165) is 13.0 Å². The fourth-order valence-corrected chi connectivity index (χ4v) is 3.01. The molecule has 0 amide bonds. The largest absolute Gasteiger partial charge is 1.00 e. The molecule has 0 spiro atoms. The number of hydrogen-bond acceptors (Lipinski definition) is 4. The van der Waals surface area contributed by atoms with Gasteiger partial charge in [0, 0.05) is 6.04 Å². The minimum absolute atomic E-state index is 0. The molecule has 0 unspecified atom stereocenters. The SMILES string of the molecule is CCCCCCCCCCCN[C@H](C([O-])=N[C@H](C(=O)O)C(C)C)C(C)C.[Na+]. The van der Waals surface area contributed by atoms with E-state index in [2.05, 4.69) is 17.2 Å². The Balaban J connectivity index is 0. The average molecular weight is 393 g/mol. The van der Waals surface area contributed by atoms with Crippen molar-refractivity contribution in [2.24, 2.45) is 16.8 Å². The van der Waals surface area contributed by atoms with Crippen molar-refractivity contribution in [3.8, 4) is 0 Å². The molecule has 0 fully saturated rings. The fourth-order valence-electron chi connectivity index (χ4n) is 3.01. The molecule has 0 bridgehead atoms. The van der Waals surface area contributed by atoms with Gasteiger partial charge in [0.25, 0.3) is 0 Å². The molecule has 0 aromatic rings. The van der Waals surface area contributed by atoms with Gasteiger partial charge in [-0.05, 0) is 30.7 Å². The van der Waals surface area contributed by atoms with Crippen molar-refractivity contribution in [2.75, 3.05) is 6.54 Å². The first-order valence-electron chi connectivity index (χ1n) is 10.5. The summed E-state index contributed by atoms with van der Waals surface area (Å²) in [5.41, 5.74) is 0. The first-order valence-corrected chi connectivity index (χ1v) is 10.5. The normalized spacial score (nSPS) is 14.3. The predicted molar refractivity (Wildman–Crippen MR) is 108 cm³/mol. The number of nitrogens with zero attached hydrogens (tertiary/aromatic N) is 1. The van der Waals surface area contributed by atoms with E-state index < -0.39 is 18.1 Å². The smallest absolute Gasteiger partial charge is 0.861 e. The second-order valence-corrected chi connectivity index (χ2v) is 8.00. The number of unbranched alkanes of at least 4 members (excludes halogenated alkanes) is 8. The number of rotatable bonds is 16. The molecule has 0 rings (SSSR count). The molecule has 0 saturated carbocycles. The Labute approximate surface area is 189 Å². The first kappa shape index (κ1) is 29.1. The summed E-state index contributed by atoms with van der Waals surface area (Å²) in [6.07, 6.45) is 11.4. The monoisotopic (exact) mass is 392 g/mol. The van der Waals surface area contributed by atoms with Crippen molar-refractivity contribution >= 4 is 11.9 Å². The van der Waals surface area contributed by atoms with Crippen LogP contribution in [-0.4, -0.2) is 35.6 Å². The number of aliphatic imine (C=N–C) groups is 1. The summed E-state index contributed by atoms with van der Waals surface area (Å²) in [4.78, 5) is 15.2. The van der Waals surface area contributed by atoms with Gasteiger partial charge in [-0.1, -0.05) is 86.0 Å². The molecule has 6 heteroatoms. The Morgan fingerprint density at radius 2 is 1.41 bits per heavy atom. The summed E-state index contributed by atoms with van der Waals surface area (Å²) in [6.45, 7) is 10.5. The molecule has 0 radical (unpaired) electrons. The predicted octanol–water partition coefficient (Wildman–Crippen LogP) is 1.00. The van der Waals surface area contributed by atoms with Crippen LogP contribution in [0.3, 0.4) is 0 Å². The number of aliphatic carboxylic acids is 1. The molecule has 0 aromatic heterocycles. The molecule has 0 aliphatic carbocycles. The van der Waals surface area contributed by atoms with Crippen LogP contribution in [0.2, 0.25) is 0 Å². The van der Waals surface area contributed by atoms with E-state index in [1.54, 1.807) is 13.8 Å². The van der Waals surface area contributed by atoms with Gasteiger partial charge in [0.1, 0.15) is 6.04 Å². The van der Waals surface area contributed by atoms with Crippen LogP contribution in [0.4, 0.5) is 0 Å². The summed E-state index contributed by atoms with van der Waals surface area (Å²) < 4.78 is 0. The van der Waals surface area contributed by atoms with E-state index in [4.69, 9.17) is 0 Å². The maximum Gasteiger partial charge on any atom is 1.00 e. The third-order valence-electron chi connectivity index (χ3n) is 4.73. The standard InChI is InChI=1S/C21H42N2O3.Na/c1-6-7-8-9-10-11-12-13-14-15-22-18(16(2)3)20(24)23-19(17(4)5)21(25)26;/h16-19,22H,6-15H2,1-5H3,(H,23,24)(H,25,26);/q;+1/p-1/t18-,19-;/m0./s1. The van der Waals surface area contributed by atoms with Crippen LogP contribution in [-0.2, 0) is 4.79 Å².